The zero-order chi connectivity index (χ0) is 22.1. The van der Waals surface area contributed by atoms with Gasteiger partial charge in [-0.05, 0) is 45.4 Å². The van der Waals surface area contributed by atoms with Crippen molar-refractivity contribution in [1.29, 1.82) is 0 Å². The van der Waals surface area contributed by atoms with E-state index in [9.17, 15) is 14.4 Å². The van der Waals surface area contributed by atoms with Crippen LogP contribution in [0, 0.1) is 6.92 Å². The first kappa shape index (κ1) is 23.5. The van der Waals surface area contributed by atoms with Crippen LogP contribution in [0.25, 0.3) is 0 Å². The number of hydrogen-bond donors (Lipinski definition) is 2. The van der Waals surface area contributed by atoms with Gasteiger partial charge in [-0.2, -0.15) is 0 Å². The third-order valence-corrected chi connectivity index (χ3v) is 4.83. The van der Waals surface area contributed by atoms with E-state index in [1.54, 1.807) is 20.8 Å². The normalized spacial score (nSPS) is 12.0. The summed E-state index contributed by atoms with van der Waals surface area (Å²) in [5.74, 6) is -0.442. The van der Waals surface area contributed by atoms with E-state index < -0.39 is 23.6 Å². The zero-order valence-electron chi connectivity index (χ0n) is 17.7. The molecule has 2 aromatic carbocycles. The maximum atomic E-state index is 12.7. The fourth-order valence-electron chi connectivity index (χ4n) is 2.57. The Balaban J connectivity index is 1.97. The third-order valence-electron chi connectivity index (χ3n) is 3.95. The summed E-state index contributed by atoms with van der Waals surface area (Å²) >= 11 is 1.07. The Kier molecular flexibility index (Phi) is 8.47. The standard InChI is InChI=1S/C23H28N2O4S/c1-16-10-12-18(13-11-16)30-20(26)15-24-21(27)19(14-17-8-6-5-7-9-17)25-22(28)29-23(2,3)4/h5-13,19H,14-15H2,1-4H3,(H,24,27)(H,25,28)/t19-/m0/s1. The predicted octanol–water partition coefficient (Wildman–Crippen LogP) is 3.87. The van der Waals surface area contributed by atoms with Crippen molar-refractivity contribution in [2.75, 3.05) is 6.54 Å². The maximum Gasteiger partial charge on any atom is 0.408 e. The van der Waals surface area contributed by atoms with E-state index in [2.05, 4.69) is 10.6 Å². The molecule has 0 fully saturated rings. The molecular weight excluding hydrogens is 400 g/mol. The molecule has 0 aromatic heterocycles. The van der Waals surface area contributed by atoms with Crippen molar-refractivity contribution in [3.8, 4) is 0 Å². The van der Waals surface area contributed by atoms with Crippen LogP contribution in [-0.4, -0.2) is 35.3 Å². The molecule has 0 radical (unpaired) electrons. The van der Waals surface area contributed by atoms with Crippen LogP contribution in [0.1, 0.15) is 31.9 Å². The molecule has 0 aliphatic rings. The lowest BCUT2D eigenvalue weighted by atomic mass is 10.1. The van der Waals surface area contributed by atoms with Crippen LogP contribution in [-0.2, 0) is 20.7 Å². The molecule has 6 nitrogen and oxygen atoms in total. The van der Waals surface area contributed by atoms with Gasteiger partial charge in [0.25, 0.3) is 0 Å². The Bertz CT molecular complexity index is 861. The molecule has 30 heavy (non-hydrogen) atoms. The zero-order valence-corrected chi connectivity index (χ0v) is 18.5. The second-order valence-corrected chi connectivity index (χ2v) is 9.02. The highest BCUT2D eigenvalue weighted by Gasteiger charge is 2.25. The fraction of sp³-hybridized carbons (Fsp3) is 0.348. The summed E-state index contributed by atoms with van der Waals surface area (Å²) in [7, 11) is 0. The van der Waals surface area contributed by atoms with E-state index in [0.717, 1.165) is 27.8 Å². The quantitative estimate of drug-likeness (QED) is 0.654. The number of carbonyl (C=O) groups excluding carboxylic acids is 3. The van der Waals surface area contributed by atoms with Crippen molar-refractivity contribution < 1.29 is 19.1 Å². The van der Waals surface area contributed by atoms with Gasteiger partial charge in [0.05, 0.1) is 6.54 Å². The highest BCUT2D eigenvalue weighted by molar-refractivity contribution is 8.13. The van der Waals surface area contributed by atoms with Gasteiger partial charge in [-0.3, -0.25) is 9.59 Å². The number of carbonyl (C=O) groups is 3. The lowest BCUT2D eigenvalue weighted by Gasteiger charge is -2.23. The van der Waals surface area contributed by atoms with E-state index in [1.807, 2.05) is 61.5 Å². The lowest BCUT2D eigenvalue weighted by molar-refractivity contribution is -0.124. The van der Waals surface area contributed by atoms with E-state index >= 15 is 0 Å². The molecule has 160 valence electrons. The van der Waals surface area contributed by atoms with Crippen LogP contribution in [0.15, 0.2) is 59.5 Å². The molecule has 2 N–H and O–H groups in total. The highest BCUT2D eigenvalue weighted by Crippen LogP contribution is 2.18. The van der Waals surface area contributed by atoms with Crippen LogP contribution in [0.5, 0.6) is 0 Å². The minimum atomic E-state index is -0.862. The monoisotopic (exact) mass is 428 g/mol. The molecule has 0 bridgehead atoms. The Labute approximate surface area is 181 Å². The largest absolute Gasteiger partial charge is 0.444 e. The van der Waals surface area contributed by atoms with Gasteiger partial charge in [0.15, 0.2) is 0 Å². The molecule has 2 rings (SSSR count). The molecule has 0 unspecified atom stereocenters. The number of hydrogen-bond acceptors (Lipinski definition) is 5. The SMILES string of the molecule is Cc1ccc(SC(=O)CNC(=O)[C@H](Cc2ccccc2)NC(=O)OC(C)(C)C)cc1. The summed E-state index contributed by atoms with van der Waals surface area (Å²) in [4.78, 5) is 37.9. The van der Waals surface area contributed by atoms with Crippen LogP contribution >= 0.6 is 11.8 Å². The minimum Gasteiger partial charge on any atom is -0.444 e. The smallest absolute Gasteiger partial charge is 0.408 e. The summed E-state index contributed by atoms with van der Waals surface area (Å²) < 4.78 is 5.27. The number of aryl methyl sites for hydroxylation is 1. The van der Waals surface area contributed by atoms with Gasteiger partial charge in [0.2, 0.25) is 11.0 Å². The molecule has 0 saturated carbocycles. The molecule has 7 heteroatoms. The maximum absolute atomic E-state index is 12.7. The van der Waals surface area contributed by atoms with Crippen LogP contribution in [0.2, 0.25) is 0 Å². The number of nitrogens with one attached hydrogen (secondary N) is 2. The molecule has 0 saturated heterocycles. The number of ether oxygens (including phenoxy) is 1. The second-order valence-electron chi connectivity index (χ2n) is 7.89. The van der Waals surface area contributed by atoms with Gasteiger partial charge in [-0.25, -0.2) is 4.79 Å². The third kappa shape index (κ3) is 8.69. The number of rotatable bonds is 7. The first-order valence-corrected chi connectivity index (χ1v) is 10.5. The molecule has 0 spiro atoms. The summed E-state index contributed by atoms with van der Waals surface area (Å²) in [5, 5.41) is 5.04. The molecule has 0 aliphatic heterocycles. The van der Waals surface area contributed by atoms with Crippen molar-refractivity contribution in [2.45, 2.75) is 50.7 Å². The van der Waals surface area contributed by atoms with E-state index in [-0.39, 0.29) is 18.1 Å². The number of benzene rings is 2. The molecule has 2 amide bonds. The minimum absolute atomic E-state index is 0.140. The summed E-state index contributed by atoms with van der Waals surface area (Å²) in [6.45, 7) is 7.08. The van der Waals surface area contributed by atoms with Gasteiger partial charge < -0.3 is 15.4 Å². The average molecular weight is 429 g/mol. The van der Waals surface area contributed by atoms with E-state index in [4.69, 9.17) is 4.74 Å². The van der Waals surface area contributed by atoms with Crippen LogP contribution < -0.4 is 10.6 Å². The highest BCUT2D eigenvalue weighted by atomic mass is 32.2. The first-order chi connectivity index (χ1) is 14.1. The molecular formula is C23H28N2O4S. The first-order valence-electron chi connectivity index (χ1n) is 9.71. The topological polar surface area (TPSA) is 84.5 Å². The number of alkyl carbamates (subject to hydrolysis) is 1. The number of thioether (sulfide) groups is 1. The molecule has 0 heterocycles. The van der Waals surface area contributed by atoms with Crippen LogP contribution in [0.3, 0.4) is 0 Å². The van der Waals surface area contributed by atoms with E-state index in [1.165, 1.54) is 0 Å². The summed E-state index contributed by atoms with van der Waals surface area (Å²) in [6.07, 6.45) is -0.399. The van der Waals surface area contributed by atoms with Gasteiger partial charge in [-0.15, -0.1) is 0 Å². The molecule has 0 aliphatic carbocycles. The lowest BCUT2D eigenvalue weighted by Crippen LogP contribution is -2.50. The predicted molar refractivity (Wildman–Crippen MR) is 118 cm³/mol. The van der Waals surface area contributed by atoms with Gasteiger partial charge in [0, 0.05) is 11.3 Å². The summed E-state index contributed by atoms with van der Waals surface area (Å²) in [6, 6.07) is 16.1. The Morgan fingerprint density at radius 1 is 1.00 bits per heavy atom. The summed E-state index contributed by atoms with van der Waals surface area (Å²) in [5.41, 5.74) is 1.31. The van der Waals surface area contributed by atoms with Gasteiger partial charge in [-0.1, -0.05) is 59.8 Å². The van der Waals surface area contributed by atoms with Crippen molar-refractivity contribution >= 4 is 28.9 Å². The van der Waals surface area contributed by atoms with E-state index in [0.29, 0.717) is 0 Å². The number of amides is 2. The van der Waals surface area contributed by atoms with Crippen molar-refractivity contribution in [2.24, 2.45) is 0 Å². The molecule has 1 atom stereocenters. The Morgan fingerprint density at radius 3 is 2.23 bits per heavy atom. The van der Waals surface area contributed by atoms with Gasteiger partial charge >= 0.3 is 6.09 Å². The van der Waals surface area contributed by atoms with Crippen molar-refractivity contribution in [1.82, 2.24) is 10.6 Å². The second kappa shape index (κ2) is 10.8. The van der Waals surface area contributed by atoms with Crippen LogP contribution in [0.4, 0.5) is 4.79 Å². The fourth-order valence-corrected chi connectivity index (χ4v) is 3.24. The van der Waals surface area contributed by atoms with Gasteiger partial charge in [0.1, 0.15) is 11.6 Å². The van der Waals surface area contributed by atoms with Crippen molar-refractivity contribution in [3.05, 3.63) is 65.7 Å². The molecule has 2 aromatic rings. The Morgan fingerprint density at radius 2 is 1.63 bits per heavy atom. The Hall–Kier alpha value is -2.80. The van der Waals surface area contributed by atoms with Crippen molar-refractivity contribution in [3.63, 3.8) is 0 Å². The average Bonchev–Trinajstić information content (AvgIpc) is 2.67.